The van der Waals surface area contributed by atoms with E-state index < -0.39 is 23.8 Å². The minimum Gasteiger partial charge on any atom is -0.393 e. The summed E-state index contributed by atoms with van der Waals surface area (Å²) in [5.74, 6) is -0.299. The Hall–Kier alpha value is -1.000. The SMILES string of the molecule is C=C1C[C@@H]2CCC34C[C@H]5O[C@H]6[C@@H](O3)[C@H]3OC(CC[C@@H]3O[C@H]6[C@H]5O4)CC(=O)C[C@H]3C(C[C@H]4O[C@@H](CCC1O2)C[C@@H](C)C4=C)O[C@H](C[C@H](O)CC)[C@@H]3C.C=C1C[C@@H]2CCC34C[C@H]5O[C@H]6[C@@H](O3)[C@H]3OC(CC[C@@H]3O[C@H]6[C@H]5O4)CC(=O)C[C@H]3C(C[C@H]4O[C@@H](CCC1O2)C[C@@H](C)C4=C)O[C@H](C[C@H](O)CN)[C@@H]3C.II. The van der Waals surface area contributed by atoms with Crippen LogP contribution in [0.15, 0.2) is 48.6 Å². The molecule has 20 rings (SSSR count). The van der Waals surface area contributed by atoms with Crippen molar-refractivity contribution in [2.24, 2.45) is 41.2 Å². The molecule has 20 aliphatic rings. The number of hydrogen-bond acceptors (Lipinski definition) is 21. The molecule has 0 aromatic carbocycles. The molecule has 20 heterocycles. The highest BCUT2D eigenvalue weighted by Gasteiger charge is 2.71. The highest BCUT2D eigenvalue weighted by Crippen LogP contribution is 2.58. The van der Waals surface area contributed by atoms with Gasteiger partial charge >= 0.3 is 0 Å². The second-order valence-corrected chi connectivity index (χ2v) is 35.3. The van der Waals surface area contributed by atoms with Crippen molar-refractivity contribution < 1.29 is 95.6 Å². The zero-order valence-electron chi connectivity index (χ0n) is 62.0. The fraction of sp³-hybridized carbons (Fsp3) is 0.877. The molecule has 21 nitrogen and oxygen atoms in total. The molecule has 20 saturated heterocycles. The van der Waals surface area contributed by atoms with Gasteiger partial charge in [-0.25, -0.2) is 0 Å². The molecule has 104 heavy (non-hydrogen) atoms. The first-order chi connectivity index (χ1) is 50.1. The van der Waals surface area contributed by atoms with Gasteiger partial charge in [0.25, 0.3) is 0 Å². The van der Waals surface area contributed by atoms with Crippen LogP contribution in [0.5, 0.6) is 0 Å². The van der Waals surface area contributed by atoms with Gasteiger partial charge in [-0.2, -0.15) is 0 Å². The van der Waals surface area contributed by atoms with E-state index in [1.165, 1.54) is 0 Å². The van der Waals surface area contributed by atoms with E-state index in [9.17, 15) is 19.8 Å². The summed E-state index contributed by atoms with van der Waals surface area (Å²) >= 11 is 4.24. The molecular formula is C81H119I2NO20. The second kappa shape index (κ2) is 31.8. The number of nitrogens with two attached hydrogens (primary N) is 1. The Balaban J connectivity index is 0.000000157. The number of hydrogen-bond donors (Lipinski definition) is 3. The van der Waals surface area contributed by atoms with E-state index in [0.29, 0.717) is 88.9 Å². The van der Waals surface area contributed by atoms with Crippen molar-refractivity contribution in [3.63, 3.8) is 0 Å². The van der Waals surface area contributed by atoms with Crippen LogP contribution in [-0.4, -0.2) is 223 Å². The number of ether oxygens (including phenoxy) is 16. The standard InChI is InChI=1S/C41H60O10.C40H59NO10.I2/c1-6-24(42)17-32-23(5)29-16-25(43)15-27-8-10-31-36(46-27)40-39-38(48-31)37-35(49-39)19-41(50-37,51-40)12-11-28-14-21(3)30(44-28)9-7-26-13-20(2)22(4)33(45-26)18-34(29)47-32;1-19-11-25-5-7-29-20(2)12-27(44-29)9-10-40-17-34-36(50-40)37-38(49-34)39(51-40)35-30(48-37)8-6-26(46-35)13-23(42)14-28-22(4)31(15-24(43)18-41)47-33(28)16-32(45-25)21(19)3;1-2/h20,23-24,26-40,42H,3-4,6-19H2,1-2,5H3;19,22,24-39,43H,2-3,5-18,41H2,1,4H3;/t20-,23-,24-,26+,27?,28+,29-,30?,31+,32-,33-,34?,35-,36+,37+,38+,39-,40+,41?;19-,22-,24+,25+,26?,27+,28-,29?,30+,31-,32-,33?,34-,35+,36+,37+,38-,39+,40?;/m11./s1. The van der Waals surface area contributed by atoms with E-state index in [4.69, 9.17) is 81.5 Å². The molecule has 23 heteroatoms. The fourth-order valence-corrected chi connectivity index (χ4v) is 22.6. The molecule has 0 aromatic heterocycles. The van der Waals surface area contributed by atoms with Crippen LogP contribution in [0.25, 0.3) is 0 Å². The average Bonchev–Trinajstić information content (AvgIpc) is 1.55. The first-order valence-corrected chi connectivity index (χ1v) is 46.9. The number of carbonyl (C=O) groups is 2. The Morgan fingerprint density at radius 3 is 1.23 bits per heavy atom. The summed E-state index contributed by atoms with van der Waals surface area (Å²) in [5.41, 5.74) is 10.3. The topological polar surface area (TPSA) is 248 Å². The summed E-state index contributed by atoms with van der Waals surface area (Å²) in [6.07, 6.45) is 14.3. The highest BCUT2D eigenvalue weighted by molar-refractivity contribution is 15.0. The Kier molecular flexibility index (Phi) is 23.5. The summed E-state index contributed by atoms with van der Waals surface area (Å²) in [6.45, 7) is 28.9. The van der Waals surface area contributed by atoms with E-state index in [1.54, 1.807) is 0 Å². The number of aliphatic hydroxyl groups excluding tert-OH is 2. The van der Waals surface area contributed by atoms with Crippen LogP contribution in [0.4, 0.5) is 0 Å². The number of carbonyl (C=O) groups excluding carboxylic acids is 2. The minimum atomic E-state index is -0.765. The maximum Gasteiger partial charge on any atom is 0.172 e. The van der Waals surface area contributed by atoms with Crippen molar-refractivity contribution in [3.8, 4) is 0 Å². The lowest BCUT2D eigenvalue weighted by Gasteiger charge is -2.47. The molecule has 0 aromatic rings. The van der Waals surface area contributed by atoms with Gasteiger partial charge in [0.05, 0.1) is 122 Å². The van der Waals surface area contributed by atoms with Crippen molar-refractivity contribution in [2.75, 3.05) is 6.54 Å². The largest absolute Gasteiger partial charge is 0.393 e. The van der Waals surface area contributed by atoms with Gasteiger partial charge < -0.3 is 91.7 Å². The normalized spacial score (nSPS) is 52.2. The van der Waals surface area contributed by atoms with Crippen molar-refractivity contribution >= 4 is 48.8 Å². The Morgan fingerprint density at radius 2 is 0.798 bits per heavy atom. The van der Waals surface area contributed by atoms with E-state index >= 15 is 0 Å². The van der Waals surface area contributed by atoms with Crippen LogP contribution in [0, 0.1) is 35.5 Å². The third kappa shape index (κ3) is 15.3. The van der Waals surface area contributed by atoms with Crippen molar-refractivity contribution in [1.29, 1.82) is 0 Å². The number of halogens is 2. The van der Waals surface area contributed by atoms with Gasteiger partial charge in [0.2, 0.25) is 0 Å². The zero-order valence-corrected chi connectivity index (χ0v) is 66.3. The Labute approximate surface area is 639 Å². The molecule has 20 fully saturated rings. The van der Waals surface area contributed by atoms with Crippen LogP contribution in [-0.2, 0) is 85.4 Å². The lowest BCUT2D eigenvalue weighted by atomic mass is 9.78. The Morgan fingerprint density at radius 1 is 0.413 bits per heavy atom. The van der Waals surface area contributed by atoms with Crippen LogP contribution in [0.3, 0.4) is 0 Å². The van der Waals surface area contributed by atoms with Crippen molar-refractivity contribution in [1.82, 2.24) is 0 Å². The lowest BCUT2D eigenvalue weighted by Crippen LogP contribution is -2.61. The second-order valence-electron chi connectivity index (χ2n) is 35.3. The van der Waals surface area contributed by atoms with Gasteiger partial charge in [-0.3, -0.25) is 9.59 Å². The molecule has 2 spiro atoms. The van der Waals surface area contributed by atoms with Gasteiger partial charge in [-0.05, 0) is 161 Å². The Bertz CT molecular complexity index is 2930. The number of Topliss-reactive ketones (excluding diaryl/α,β-unsaturated/α-hetero) is 2. The van der Waals surface area contributed by atoms with E-state index in [2.05, 4.69) is 91.2 Å². The van der Waals surface area contributed by atoms with Gasteiger partial charge in [0.1, 0.15) is 72.6 Å². The first kappa shape index (κ1) is 77.0. The lowest BCUT2D eigenvalue weighted by molar-refractivity contribution is -0.292. The number of fused-ring (bicyclic) bond motifs is 12. The summed E-state index contributed by atoms with van der Waals surface area (Å²) in [5, 5.41) is 21.1. The molecule has 0 radical (unpaired) electrons. The van der Waals surface area contributed by atoms with Crippen molar-refractivity contribution in [3.05, 3.63) is 48.6 Å². The predicted octanol–water partition coefficient (Wildman–Crippen LogP) is 11.3. The predicted molar refractivity (Wildman–Crippen MR) is 399 cm³/mol. The number of aliphatic hydroxyl groups is 2. The number of rotatable bonds is 6. The molecule has 582 valence electrons. The molecule has 24 bridgehead atoms. The van der Waals surface area contributed by atoms with Gasteiger partial charge in [-0.15, -0.1) is 0 Å². The quantitative estimate of drug-likeness (QED) is 0.165. The third-order valence-electron chi connectivity index (χ3n) is 28.6. The molecule has 20 aliphatic heterocycles. The maximum absolute atomic E-state index is 14.0. The maximum atomic E-state index is 14.0. The molecule has 0 aliphatic carbocycles. The summed E-state index contributed by atoms with van der Waals surface area (Å²) in [6, 6.07) is 0. The molecule has 38 atom stereocenters. The van der Waals surface area contributed by atoms with Crippen LogP contribution >= 0.6 is 37.2 Å². The average molecular weight is 1680 g/mol. The summed E-state index contributed by atoms with van der Waals surface area (Å²) in [4.78, 5) is 28.0. The smallest absolute Gasteiger partial charge is 0.172 e. The zero-order chi connectivity index (χ0) is 72.4. The van der Waals surface area contributed by atoms with Crippen molar-refractivity contribution in [2.45, 2.75) is 403 Å². The summed E-state index contributed by atoms with van der Waals surface area (Å²) < 4.78 is 108. The van der Waals surface area contributed by atoms with Crippen LogP contribution in [0.1, 0.15) is 208 Å². The molecule has 0 saturated carbocycles. The van der Waals surface area contributed by atoms with E-state index in [1.807, 2.05) is 6.92 Å². The highest BCUT2D eigenvalue weighted by atomic mass is 128. The first-order valence-electron chi connectivity index (χ1n) is 40.7. The van der Waals surface area contributed by atoms with Gasteiger partial charge in [0.15, 0.2) is 11.6 Å². The van der Waals surface area contributed by atoms with Crippen LogP contribution < -0.4 is 5.73 Å². The number of ketones is 2. The van der Waals surface area contributed by atoms with Crippen LogP contribution in [0.2, 0.25) is 0 Å². The molecule has 4 N–H and O–H groups in total. The third-order valence-corrected chi connectivity index (χ3v) is 28.6. The van der Waals surface area contributed by atoms with Gasteiger partial charge in [0, 0.05) is 114 Å². The molecular weight excluding hydrogens is 1560 g/mol. The fourth-order valence-electron chi connectivity index (χ4n) is 22.6. The van der Waals surface area contributed by atoms with E-state index in [-0.39, 0.29) is 213 Å². The van der Waals surface area contributed by atoms with E-state index in [0.717, 1.165) is 119 Å². The molecule has 0 amide bonds. The summed E-state index contributed by atoms with van der Waals surface area (Å²) in [7, 11) is 0. The minimum absolute atomic E-state index is 0.00127. The molecule has 8 unspecified atom stereocenters. The van der Waals surface area contributed by atoms with Gasteiger partial charge in [-0.1, -0.05) is 60.9 Å². The monoisotopic (exact) mass is 1680 g/mol.